The van der Waals surface area contributed by atoms with Crippen molar-refractivity contribution in [2.45, 2.75) is 13.8 Å². The van der Waals surface area contributed by atoms with Crippen molar-refractivity contribution in [2.24, 2.45) is 5.41 Å². The maximum atomic E-state index is 13.8. The predicted molar refractivity (Wildman–Crippen MR) is 87.7 cm³/mol. The summed E-state index contributed by atoms with van der Waals surface area (Å²) in [6.45, 7) is 3.89. The Morgan fingerprint density at radius 3 is 2.83 bits per heavy atom. The number of nitrogens with one attached hydrogen (secondary N) is 2. The lowest BCUT2D eigenvalue weighted by Crippen LogP contribution is -2.27. The third-order valence-corrected chi connectivity index (χ3v) is 3.22. The molecule has 24 heavy (non-hydrogen) atoms. The molecule has 0 saturated heterocycles. The number of rotatable bonds is 7. The van der Waals surface area contributed by atoms with Gasteiger partial charge in [0.05, 0.1) is 11.1 Å². The van der Waals surface area contributed by atoms with Crippen LogP contribution in [0.1, 0.15) is 13.8 Å². The van der Waals surface area contributed by atoms with Crippen LogP contribution in [0.3, 0.4) is 0 Å². The van der Waals surface area contributed by atoms with E-state index in [2.05, 4.69) is 20.6 Å². The zero-order valence-electron chi connectivity index (χ0n) is 13.3. The van der Waals surface area contributed by atoms with E-state index in [0.717, 1.165) is 6.20 Å². The minimum absolute atomic E-state index is 0.0144. The number of hydrogen-bond acceptors (Lipinski definition) is 7. The molecule has 0 spiro atoms. The first-order chi connectivity index (χ1) is 11.3. The maximum Gasteiger partial charge on any atom is 0.271 e. The quantitative estimate of drug-likeness (QED) is 0.526. The monoisotopic (exact) mass is 335 g/mol. The van der Waals surface area contributed by atoms with Gasteiger partial charge < -0.3 is 15.7 Å². The molecule has 1 heterocycles. The summed E-state index contributed by atoms with van der Waals surface area (Å²) in [5.74, 6) is -0.547. The Morgan fingerprint density at radius 2 is 2.17 bits per heavy atom. The summed E-state index contributed by atoms with van der Waals surface area (Å²) in [6, 6.07) is 5.82. The Bertz CT molecular complexity index is 739. The number of nitro groups is 1. The number of aliphatic hydroxyl groups excluding tert-OH is 1. The van der Waals surface area contributed by atoms with Crippen LogP contribution in [0.25, 0.3) is 0 Å². The van der Waals surface area contributed by atoms with Gasteiger partial charge in [0.15, 0.2) is 11.6 Å². The van der Waals surface area contributed by atoms with Gasteiger partial charge in [-0.25, -0.2) is 9.37 Å². The second-order valence-corrected chi connectivity index (χ2v) is 6.00. The van der Waals surface area contributed by atoms with E-state index in [9.17, 15) is 19.6 Å². The van der Waals surface area contributed by atoms with Crippen molar-refractivity contribution in [2.75, 3.05) is 23.8 Å². The minimum Gasteiger partial charge on any atom is -0.396 e. The lowest BCUT2D eigenvalue weighted by Gasteiger charge is -2.22. The van der Waals surface area contributed by atoms with Crippen molar-refractivity contribution in [3.05, 3.63) is 46.4 Å². The SMILES string of the molecule is CC(C)(CO)CNc1nc(Nc2cccc([N+](=O)[O-])c2)ncc1F. The first kappa shape index (κ1) is 17.5. The summed E-state index contributed by atoms with van der Waals surface area (Å²) in [7, 11) is 0. The number of hydrogen-bond donors (Lipinski definition) is 3. The molecule has 1 aromatic heterocycles. The van der Waals surface area contributed by atoms with Crippen molar-refractivity contribution in [3.63, 3.8) is 0 Å². The lowest BCUT2D eigenvalue weighted by molar-refractivity contribution is -0.384. The van der Waals surface area contributed by atoms with E-state index in [1.165, 1.54) is 18.2 Å². The Morgan fingerprint density at radius 1 is 1.42 bits per heavy atom. The van der Waals surface area contributed by atoms with Gasteiger partial charge in [-0.05, 0) is 6.07 Å². The zero-order chi connectivity index (χ0) is 17.7. The van der Waals surface area contributed by atoms with Gasteiger partial charge in [0.25, 0.3) is 5.69 Å². The van der Waals surface area contributed by atoms with Crippen LogP contribution >= 0.6 is 0 Å². The van der Waals surface area contributed by atoms with Gasteiger partial charge >= 0.3 is 0 Å². The fraction of sp³-hybridized carbons (Fsp3) is 0.333. The second-order valence-electron chi connectivity index (χ2n) is 6.00. The fourth-order valence-electron chi connectivity index (χ4n) is 1.76. The van der Waals surface area contributed by atoms with Gasteiger partial charge in [-0.2, -0.15) is 4.98 Å². The Hall–Kier alpha value is -2.81. The highest BCUT2D eigenvalue weighted by Gasteiger charge is 2.18. The third-order valence-electron chi connectivity index (χ3n) is 3.22. The van der Waals surface area contributed by atoms with Crippen LogP contribution in [0.2, 0.25) is 0 Å². The number of nitro benzene ring substituents is 1. The lowest BCUT2D eigenvalue weighted by atomic mass is 9.95. The molecule has 0 aliphatic rings. The van der Waals surface area contributed by atoms with E-state index >= 15 is 0 Å². The molecule has 3 N–H and O–H groups in total. The number of nitrogens with zero attached hydrogens (tertiary/aromatic N) is 3. The van der Waals surface area contributed by atoms with E-state index < -0.39 is 16.2 Å². The topological polar surface area (TPSA) is 113 Å². The standard InChI is InChI=1S/C15H18FN5O3/c1-15(2,9-22)8-18-13-12(16)7-17-14(20-13)19-10-4-3-5-11(6-10)21(23)24/h3-7,22H,8-9H2,1-2H3,(H2,17,18,19,20). The minimum atomic E-state index is -0.631. The highest BCUT2D eigenvalue weighted by Crippen LogP contribution is 2.22. The zero-order valence-corrected chi connectivity index (χ0v) is 13.3. The molecule has 0 amide bonds. The highest BCUT2D eigenvalue weighted by atomic mass is 19.1. The second kappa shape index (κ2) is 7.18. The van der Waals surface area contributed by atoms with Crippen molar-refractivity contribution >= 4 is 23.1 Å². The van der Waals surface area contributed by atoms with Crippen molar-refractivity contribution < 1.29 is 14.4 Å². The summed E-state index contributed by atoms with van der Waals surface area (Å²) in [5, 5.41) is 25.6. The molecule has 9 heteroatoms. The molecular weight excluding hydrogens is 317 g/mol. The number of non-ortho nitro benzene ring substituents is 1. The molecule has 8 nitrogen and oxygen atoms in total. The largest absolute Gasteiger partial charge is 0.396 e. The number of aliphatic hydroxyl groups is 1. The number of anilines is 3. The number of benzene rings is 1. The number of aromatic nitrogens is 2. The Kier molecular flexibility index (Phi) is 5.24. The van der Waals surface area contributed by atoms with Crippen LogP contribution in [-0.2, 0) is 0 Å². The number of halogens is 1. The molecule has 0 bridgehead atoms. The van der Waals surface area contributed by atoms with Crippen LogP contribution in [-0.4, -0.2) is 33.1 Å². The van der Waals surface area contributed by atoms with E-state index in [1.54, 1.807) is 6.07 Å². The molecule has 0 radical (unpaired) electrons. The first-order valence-corrected chi connectivity index (χ1v) is 7.19. The van der Waals surface area contributed by atoms with Crippen LogP contribution in [0, 0.1) is 21.3 Å². The van der Waals surface area contributed by atoms with Gasteiger partial charge in [0.1, 0.15) is 0 Å². The molecular formula is C15H18FN5O3. The fourth-order valence-corrected chi connectivity index (χ4v) is 1.76. The Balaban J connectivity index is 2.16. The maximum absolute atomic E-state index is 13.8. The molecule has 0 aliphatic heterocycles. The van der Waals surface area contributed by atoms with Crippen molar-refractivity contribution in [3.8, 4) is 0 Å². The van der Waals surface area contributed by atoms with Crippen LogP contribution in [0.15, 0.2) is 30.5 Å². The molecule has 0 saturated carbocycles. The summed E-state index contributed by atoms with van der Waals surface area (Å²) in [6.07, 6.45) is 1.00. The van der Waals surface area contributed by atoms with Gasteiger partial charge in [-0.3, -0.25) is 10.1 Å². The molecule has 0 fully saturated rings. The first-order valence-electron chi connectivity index (χ1n) is 7.19. The Labute approximate surface area is 137 Å². The summed E-state index contributed by atoms with van der Waals surface area (Å²) in [4.78, 5) is 18.1. The van der Waals surface area contributed by atoms with E-state index in [1.807, 2.05) is 13.8 Å². The van der Waals surface area contributed by atoms with E-state index in [0.29, 0.717) is 12.2 Å². The molecule has 2 rings (SSSR count). The van der Waals surface area contributed by atoms with Gasteiger partial charge in [-0.1, -0.05) is 19.9 Å². The summed E-state index contributed by atoms with van der Waals surface area (Å²) < 4.78 is 13.8. The third kappa shape index (κ3) is 4.59. The molecule has 2 aromatic rings. The van der Waals surface area contributed by atoms with E-state index in [-0.39, 0.29) is 24.1 Å². The summed E-state index contributed by atoms with van der Waals surface area (Å²) in [5.41, 5.74) is -0.104. The highest BCUT2D eigenvalue weighted by molar-refractivity contribution is 5.58. The molecule has 128 valence electrons. The van der Waals surface area contributed by atoms with Crippen LogP contribution in [0.5, 0.6) is 0 Å². The van der Waals surface area contributed by atoms with Gasteiger partial charge in [0, 0.05) is 36.4 Å². The average Bonchev–Trinajstić information content (AvgIpc) is 2.55. The van der Waals surface area contributed by atoms with Gasteiger partial charge in [0.2, 0.25) is 5.95 Å². The van der Waals surface area contributed by atoms with Crippen LogP contribution in [0.4, 0.5) is 27.5 Å². The van der Waals surface area contributed by atoms with Gasteiger partial charge in [-0.15, -0.1) is 0 Å². The van der Waals surface area contributed by atoms with Crippen molar-refractivity contribution in [1.82, 2.24) is 9.97 Å². The van der Waals surface area contributed by atoms with E-state index in [4.69, 9.17) is 0 Å². The smallest absolute Gasteiger partial charge is 0.271 e. The molecule has 0 aliphatic carbocycles. The average molecular weight is 335 g/mol. The predicted octanol–water partition coefficient (Wildman–Crippen LogP) is 2.70. The molecule has 0 atom stereocenters. The van der Waals surface area contributed by atoms with Crippen molar-refractivity contribution in [1.29, 1.82) is 0 Å². The molecule has 1 aromatic carbocycles. The normalized spacial score (nSPS) is 11.2. The summed E-state index contributed by atoms with van der Waals surface area (Å²) >= 11 is 0. The molecule has 0 unspecified atom stereocenters. The van der Waals surface area contributed by atoms with Crippen LogP contribution < -0.4 is 10.6 Å².